The molecule has 0 atom stereocenters. The van der Waals surface area contributed by atoms with Crippen molar-refractivity contribution in [2.24, 2.45) is 5.73 Å². The van der Waals surface area contributed by atoms with Crippen LogP contribution in [0.25, 0.3) is 0 Å². The number of aromatic nitrogens is 1. The number of hydrogen-bond acceptors (Lipinski definition) is 3. The molecule has 0 fully saturated rings. The molecule has 1 aromatic carbocycles. The van der Waals surface area contributed by atoms with Gasteiger partial charge in [0.25, 0.3) is 0 Å². The summed E-state index contributed by atoms with van der Waals surface area (Å²) < 4.78 is 7.07. The van der Waals surface area contributed by atoms with Gasteiger partial charge in [-0.3, -0.25) is 4.98 Å². The quantitative estimate of drug-likeness (QED) is 0.929. The van der Waals surface area contributed by atoms with Gasteiger partial charge >= 0.3 is 0 Å². The van der Waals surface area contributed by atoms with Crippen LogP contribution < -0.4 is 10.5 Å². The van der Waals surface area contributed by atoms with E-state index in [1.807, 2.05) is 39.0 Å². The summed E-state index contributed by atoms with van der Waals surface area (Å²) in [6.07, 6.45) is 1.77. The van der Waals surface area contributed by atoms with Gasteiger partial charge in [0.2, 0.25) is 0 Å². The van der Waals surface area contributed by atoms with Gasteiger partial charge < -0.3 is 10.5 Å². The van der Waals surface area contributed by atoms with Crippen LogP contribution in [0.4, 0.5) is 0 Å². The predicted octanol–water partition coefficient (Wildman–Crippen LogP) is 4.02. The molecule has 0 amide bonds. The van der Waals surface area contributed by atoms with Crippen molar-refractivity contribution >= 4 is 15.9 Å². The van der Waals surface area contributed by atoms with E-state index in [2.05, 4.69) is 20.9 Å². The first-order valence-electron chi connectivity index (χ1n) is 6.11. The molecule has 3 nitrogen and oxygen atoms in total. The largest absolute Gasteiger partial charge is 0.457 e. The first kappa shape index (κ1) is 14.0. The highest BCUT2D eigenvalue weighted by molar-refractivity contribution is 9.10. The van der Waals surface area contributed by atoms with Crippen LogP contribution in [0.15, 0.2) is 28.9 Å². The second-order valence-corrected chi connectivity index (χ2v) is 5.40. The number of aryl methyl sites for hydroxylation is 3. The highest BCUT2D eigenvalue weighted by Crippen LogP contribution is 2.31. The minimum atomic E-state index is 0.414. The topological polar surface area (TPSA) is 48.1 Å². The summed E-state index contributed by atoms with van der Waals surface area (Å²) in [6.45, 7) is 6.44. The molecule has 0 spiro atoms. The Morgan fingerprint density at radius 3 is 2.37 bits per heavy atom. The Labute approximate surface area is 121 Å². The average molecular weight is 321 g/mol. The summed E-state index contributed by atoms with van der Waals surface area (Å²) in [5, 5.41) is 0. The zero-order chi connectivity index (χ0) is 14.0. The van der Waals surface area contributed by atoms with Crippen LogP contribution in [0.2, 0.25) is 0 Å². The van der Waals surface area contributed by atoms with Crippen molar-refractivity contribution in [1.82, 2.24) is 4.98 Å². The SMILES string of the molecule is Cc1cc(Oc2cc(C)c(Br)c(C)c2)c(CN)cn1. The third-order valence-corrected chi connectivity index (χ3v) is 4.19. The fourth-order valence-electron chi connectivity index (χ4n) is 1.90. The average Bonchev–Trinajstić information content (AvgIpc) is 2.36. The predicted molar refractivity (Wildman–Crippen MR) is 80.6 cm³/mol. The van der Waals surface area contributed by atoms with Crippen molar-refractivity contribution in [3.05, 3.63) is 51.3 Å². The van der Waals surface area contributed by atoms with Crippen molar-refractivity contribution in [3.8, 4) is 11.5 Å². The fourth-order valence-corrected chi connectivity index (χ4v) is 2.13. The van der Waals surface area contributed by atoms with Gasteiger partial charge in [0.05, 0.1) is 0 Å². The van der Waals surface area contributed by atoms with Crippen LogP contribution in [0.5, 0.6) is 11.5 Å². The zero-order valence-electron chi connectivity index (χ0n) is 11.3. The number of ether oxygens (including phenoxy) is 1. The lowest BCUT2D eigenvalue weighted by molar-refractivity contribution is 0.474. The molecular formula is C15H17BrN2O. The van der Waals surface area contributed by atoms with E-state index in [9.17, 15) is 0 Å². The lowest BCUT2D eigenvalue weighted by Gasteiger charge is -2.12. The number of rotatable bonds is 3. The maximum atomic E-state index is 5.96. The van der Waals surface area contributed by atoms with Crippen LogP contribution in [-0.2, 0) is 6.54 Å². The smallest absolute Gasteiger partial charge is 0.135 e. The fraction of sp³-hybridized carbons (Fsp3) is 0.267. The van der Waals surface area contributed by atoms with Crippen LogP contribution in [0.1, 0.15) is 22.4 Å². The Kier molecular flexibility index (Phi) is 4.22. The van der Waals surface area contributed by atoms with E-state index < -0.39 is 0 Å². The molecule has 1 aromatic heterocycles. The van der Waals surface area contributed by atoms with E-state index in [0.29, 0.717) is 6.54 Å². The first-order chi connectivity index (χ1) is 9.01. The summed E-state index contributed by atoms with van der Waals surface area (Å²) in [6, 6.07) is 5.93. The molecule has 0 aliphatic heterocycles. The minimum Gasteiger partial charge on any atom is -0.457 e. The Hall–Kier alpha value is -1.39. The highest BCUT2D eigenvalue weighted by atomic mass is 79.9. The molecule has 100 valence electrons. The van der Waals surface area contributed by atoms with Crippen LogP contribution in [0.3, 0.4) is 0 Å². The maximum Gasteiger partial charge on any atom is 0.135 e. The van der Waals surface area contributed by atoms with E-state index in [1.165, 1.54) is 0 Å². The van der Waals surface area contributed by atoms with Crippen molar-refractivity contribution < 1.29 is 4.74 Å². The van der Waals surface area contributed by atoms with Crippen LogP contribution in [0, 0.1) is 20.8 Å². The molecule has 0 radical (unpaired) electrons. The number of pyridine rings is 1. The Bertz CT molecular complexity index is 588. The van der Waals surface area contributed by atoms with Gasteiger partial charge in [-0.05, 0) is 44.0 Å². The van der Waals surface area contributed by atoms with Gasteiger partial charge in [0, 0.05) is 34.5 Å². The Morgan fingerprint density at radius 1 is 1.16 bits per heavy atom. The van der Waals surface area contributed by atoms with Gasteiger partial charge in [0.15, 0.2) is 0 Å². The van der Waals surface area contributed by atoms with E-state index in [4.69, 9.17) is 10.5 Å². The van der Waals surface area contributed by atoms with E-state index in [0.717, 1.165) is 38.4 Å². The zero-order valence-corrected chi connectivity index (χ0v) is 12.9. The normalized spacial score (nSPS) is 10.6. The van der Waals surface area contributed by atoms with Crippen molar-refractivity contribution in [1.29, 1.82) is 0 Å². The minimum absolute atomic E-state index is 0.414. The van der Waals surface area contributed by atoms with Gasteiger partial charge in [0.1, 0.15) is 11.5 Å². The number of benzene rings is 1. The van der Waals surface area contributed by atoms with Crippen LogP contribution >= 0.6 is 15.9 Å². The maximum absolute atomic E-state index is 5.96. The van der Waals surface area contributed by atoms with Crippen molar-refractivity contribution in [2.75, 3.05) is 0 Å². The summed E-state index contributed by atoms with van der Waals surface area (Å²) in [5.41, 5.74) is 9.83. The number of nitrogens with zero attached hydrogens (tertiary/aromatic N) is 1. The van der Waals surface area contributed by atoms with Gasteiger partial charge in [-0.15, -0.1) is 0 Å². The molecule has 1 heterocycles. The molecule has 19 heavy (non-hydrogen) atoms. The lowest BCUT2D eigenvalue weighted by atomic mass is 10.1. The second-order valence-electron chi connectivity index (χ2n) is 4.61. The van der Waals surface area contributed by atoms with E-state index in [1.54, 1.807) is 6.20 Å². The number of hydrogen-bond donors (Lipinski definition) is 1. The molecular weight excluding hydrogens is 304 g/mol. The van der Waals surface area contributed by atoms with E-state index in [-0.39, 0.29) is 0 Å². The summed E-state index contributed by atoms with van der Waals surface area (Å²) >= 11 is 3.55. The summed E-state index contributed by atoms with van der Waals surface area (Å²) in [7, 11) is 0. The molecule has 0 unspecified atom stereocenters. The monoisotopic (exact) mass is 320 g/mol. The van der Waals surface area contributed by atoms with Gasteiger partial charge in [-0.2, -0.15) is 0 Å². The first-order valence-corrected chi connectivity index (χ1v) is 6.90. The molecule has 0 aliphatic carbocycles. The molecule has 0 bridgehead atoms. The summed E-state index contributed by atoms with van der Waals surface area (Å²) in [4.78, 5) is 4.23. The Morgan fingerprint density at radius 2 is 1.79 bits per heavy atom. The van der Waals surface area contributed by atoms with E-state index >= 15 is 0 Å². The lowest BCUT2D eigenvalue weighted by Crippen LogP contribution is -2.01. The molecule has 2 aromatic rings. The number of halogens is 1. The third kappa shape index (κ3) is 3.14. The van der Waals surface area contributed by atoms with Gasteiger partial charge in [-0.1, -0.05) is 15.9 Å². The summed E-state index contributed by atoms with van der Waals surface area (Å²) in [5.74, 6) is 1.59. The highest BCUT2D eigenvalue weighted by Gasteiger charge is 2.08. The Balaban J connectivity index is 2.38. The van der Waals surface area contributed by atoms with Crippen LogP contribution in [-0.4, -0.2) is 4.98 Å². The van der Waals surface area contributed by atoms with Gasteiger partial charge in [-0.25, -0.2) is 0 Å². The number of nitrogens with two attached hydrogens (primary N) is 1. The third-order valence-electron chi connectivity index (χ3n) is 2.94. The second kappa shape index (κ2) is 5.72. The molecule has 0 saturated heterocycles. The van der Waals surface area contributed by atoms with Crippen molar-refractivity contribution in [3.63, 3.8) is 0 Å². The molecule has 0 saturated carbocycles. The van der Waals surface area contributed by atoms with Crippen molar-refractivity contribution in [2.45, 2.75) is 27.3 Å². The molecule has 2 N–H and O–H groups in total. The molecule has 4 heteroatoms. The molecule has 2 rings (SSSR count). The standard InChI is InChI=1S/C15H17BrN2O/c1-9-4-13(5-10(2)15(9)16)19-14-6-11(3)18-8-12(14)7-17/h4-6,8H,7,17H2,1-3H3. The molecule has 0 aliphatic rings.